The molecule has 2 aromatic rings. The van der Waals surface area contributed by atoms with Crippen LogP contribution in [0.5, 0.6) is 5.75 Å². The SMILES string of the molecule is CCCOc1cc(C)c(S(=O)(=O)Nc2cc(C(F)(F)F)cc(C(F)(F)F)c2)c(C)c1. The van der Waals surface area contributed by atoms with E-state index in [9.17, 15) is 34.8 Å². The Labute approximate surface area is 169 Å². The lowest BCUT2D eigenvalue weighted by molar-refractivity contribution is -0.143. The molecule has 0 heterocycles. The van der Waals surface area contributed by atoms with Gasteiger partial charge in [0.05, 0.1) is 28.3 Å². The molecule has 11 heteroatoms. The average molecular weight is 455 g/mol. The zero-order valence-electron chi connectivity index (χ0n) is 16.2. The van der Waals surface area contributed by atoms with Crippen LogP contribution in [0.3, 0.4) is 0 Å². The van der Waals surface area contributed by atoms with Crippen LogP contribution in [0, 0.1) is 13.8 Å². The second-order valence-electron chi connectivity index (χ2n) is 6.63. The smallest absolute Gasteiger partial charge is 0.416 e. The van der Waals surface area contributed by atoms with Gasteiger partial charge >= 0.3 is 12.4 Å². The van der Waals surface area contributed by atoms with Crippen molar-refractivity contribution in [3.63, 3.8) is 0 Å². The van der Waals surface area contributed by atoms with Crippen LogP contribution >= 0.6 is 0 Å². The Kier molecular flexibility index (Phi) is 6.65. The number of hydrogen-bond acceptors (Lipinski definition) is 3. The van der Waals surface area contributed by atoms with Crippen molar-refractivity contribution >= 4 is 15.7 Å². The Hall–Kier alpha value is -2.43. The van der Waals surface area contributed by atoms with Gasteiger partial charge in [-0.1, -0.05) is 6.92 Å². The van der Waals surface area contributed by atoms with Crippen molar-refractivity contribution in [2.45, 2.75) is 44.4 Å². The van der Waals surface area contributed by atoms with Crippen molar-refractivity contribution in [2.75, 3.05) is 11.3 Å². The number of sulfonamides is 1. The van der Waals surface area contributed by atoms with E-state index in [-0.39, 0.29) is 22.1 Å². The minimum atomic E-state index is -5.09. The van der Waals surface area contributed by atoms with Gasteiger partial charge in [-0.15, -0.1) is 0 Å². The van der Waals surface area contributed by atoms with E-state index in [4.69, 9.17) is 4.74 Å². The van der Waals surface area contributed by atoms with Gasteiger partial charge in [0.25, 0.3) is 10.0 Å². The first-order valence-electron chi connectivity index (χ1n) is 8.71. The molecular formula is C19H19F6NO3S. The molecule has 166 valence electrons. The van der Waals surface area contributed by atoms with Crippen LogP contribution in [0.2, 0.25) is 0 Å². The van der Waals surface area contributed by atoms with E-state index in [1.807, 2.05) is 11.6 Å². The van der Waals surface area contributed by atoms with E-state index in [2.05, 4.69) is 0 Å². The van der Waals surface area contributed by atoms with E-state index < -0.39 is 39.2 Å². The molecule has 0 aromatic heterocycles. The van der Waals surface area contributed by atoms with Crippen molar-refractivity contribution in [1.29, 1.82) is 0 Å². The summed E-state index contributed by atoms with van der Waals surface area (Å²) in [6.07, 6.45) is -9.46. The summed E-state index contributed by atoms with van der Waals surface area (Å²) in [7, 11) is -4.48. The summed E-state index contributed by atoms with van der Waals surface area (Å²) in [6, 6.07) is 3.43. The largest absolute Gasteiger partial charge is 0.494 e. The summed E-state index contributed by atoms with van der Waals surface area (Å²) < 4.78 is 111. The highest BCUT2D eigenvalue weighted by Gasteiger charge is 2.37. The Morgan fingerprint density at radius 2 is 1.33 bits per heavy atom. The highest BCUT2D eigenvalue weighted by atomic mass is 32.2. The number of benzene rings is 2. The Morgan fingerprint density at radius 3 is 1.73 bits per heavy atom. The molecule has 4 nitrogen and oxygen atoms in total. The van der Waals surface area contributed by atoms with Crippen LogP contribution in [0.15, 0.2) is 35.2 Å². The minimum absolute atomic E-state index is 0.0752. The number of rotatable bonds is 6. The first kappa shape index (κ1) is 23.8. The number of ether oxygens (including phenoxy) is 1. The molecule has 0 fully saturated rings. The number of alkyl halides is 6. The van der Waals surface area contributed by atoms with E-state index in [1.165, 1.54) is 26.0 Å². The summed E-state index contributed by atoms with van der Waals surface area (Å²) in [5, 5.41) is 0. The number of halogens is 6. The number of hydrogen-bond donors (Lipinski definition) is 1. The molecule has 2 rings (SSSR count). The van der Waals surface area contributed by atoms with E-state index in [0.717, 1.165) is 6.42 Å². The fraction of sp³-hybridized carbons (Fsp3) is 0.368. The third-order valence-corrected chi connectivity index (χ3v) is 5.70. The summed E-state index contributed by atoms with van der Waals surface area (Å²) in [6.45, 7) is 5.18. The molecule has 0 radical (unpaired) electrons. The van der Waals surface area contributed by atoms with Crippen molar-refractivity contribution in [2.24, 2.45) is 0 Å². The maximum atomic E-state index is 13.0. The Balaban J connectivity index is 2.51. The van der Waals surface area contributed by atoms with Crippen LogP contribution in [-0.2, 0) is 22.4 Å². The second kappa shape index (κ2) is 8.37. The van der Waals surface area contributed by atoms with Gasteiger partial charge in [-0.3, -0.25) is 4.72 Å². The lowest BCUT2D eigenvalue weighted by Gasteiger charge is -2.17. The predicted octanol–water partition coefficient (Wildman–Crippen LogP) is 5.93. The summed E-state index contributed by atoms with van der Waals surface area (Å²) in [5.74, 6) is 0.407. The van der Waals surface area contributed by atoms with Gasteiger partial charge in [0.15, 0.2) is 0 Å². The number of aryl methyl sites for hydroxylation is 2. The second-order valence-corrected chi connectivity index (χ2v) is 8.25. The van der Waals surface area contributed by atoms with Crippen LogP contribution in [0.1, 0.15) is 35.6 Å². The minimum Gasteiger partial charge on any atom is -0.494 e. The first-order valence-corrected chi connectivity index (χ1v) is 10.2. The molecule has 30 heavy (non-hydrogen) atoms. The van der Waals surface area contributed by atoms with Gasteiger partial charge in [0.1, 0.15) is 5.75 Å². The van der Waals surface area contributed by atoms with E-state index in [1.54, 1.807) is 0 Å². The third kappa shape index (κ3) is 5.59. The van der Waals surface area contributed by atoms with E-state index >= 15 is 0 Å². The maximum absolute atomic E-state index is 13.0. The van der Waals surface area contributed by atoms with Crippen molar-refractivity contribution in [3.8, 4) is 5.75 Å². The average Bonchev–Trinajstić information content (AvgIpc) is 2.56. The normalized spacial score (nSPS) is 12.7. The molecule has 0 aliphatic carbocycles. The molecule has 0 unspecified atom stereocenters. The lowest BCUT2D eigenvalue weighted by atomic mass is 10.1. The van der Waals surface area contributed by atoms with Gasteiger partial charge < -0.3 is 4.74 Å². The summed E-state index contributed by atoms with van der Waals surface area (Å²) in [5.41, 5.74) is -3.62. The zero-order valence-corrected chi connectivity index (χ0v) is 17.0. The molecule has 0 aliphatic heterocycles. The van der Waals surface area contributed by atoms with Crippen LogP contribution in [0.25, 0.3) is 0 Å². The third-order valence-electron chi connectivity index (χ3n) is 4.02. The highest BCUT2D eigenvalue weighted by Crippen LogP contribution is 2.38. The molecule has 1 N–H and O–H groups in total. The number of anilines is 1. The van der Waals surface area contributed by atoms with Crippen molar-refractivity contribution < 1.29 is 39.5 Å². The standard InChI is InChI=1S/C19H19F6NO3S/c1-4-5-29-16-6-11(2)17(12(3)7-16)30(27,28)26-15-9-13(18(20,21)22)8-14(10-15)19(23,24)25/h6-10,26H,4-5H2,1-3H3. The first-order chi connectivity index (χ1) is 13.6. The number of nitrogens with one attached hydrogen (secondary N) is 1. The van der Waals surface area contributed by atoms with Gasteiger partial charge in [0.2, 0.25) is 0 Å². The van der Waals surface area contributed by atoms with Crippen molar-refractivity contribution in [3.05, 3.63) is 52.6 Å². The molecule has 0 spiro atoms. The molecule has 0 aliphatic rings. The Morgan fingerprint density at radius 1 is 0.867 bits per heavy atom. The highest BCUT2D eigenvalue weighted by molar-refractivity contribution is 7.92. The molecule has 0 bridgehead atoms. The van der Waals surface area contributed by atoms with Crippen LogP contribution < -0.4 is 9.46 Å². The van der Waals surface area contributed by atoms with Crippen molar-refractivity contribution in [1.82, 2.24) is 0 Å². The van der Waals surface area contributed by atoms with E-state index in [0.29, 0.717) is 24.5 Å². The quantitative estimate of drug-likeness (QED) is 0.550. The lowest BCUT2D eigenvalue weighted by Crippen LogP contribution is -2.18. The van der Waals surface area contributed by atoms with Gasteiger partial charge in [-0.05, 0) is 61.7 Å². The molecular weight excluding hydrogens is 436 g/mol. The predicted molar refractivity (Wildman–Crippen MR) is 99.0 cm³/mol. The fourth-order valence-electron chi connectivity index (χ4n) is 2.86. The van der Waals surface area contributed by atoms with Gasteiger partial charge in [0, 0.05) is 0 Å². The van der Waals surface area contributed by atoms with Gasteiger partial charge in [-0.2, -0.15) is 26.3 Å². The van der Waals surface area contributed by atoms with Crippen LogP contribution in [-0.4, -0.2) is 15.0 Å². The zero-order chi connectivity index (χ0) is 22.9. The summed E-state index contributed by atoms with van der Waals surface area (Å²) >= 11 is 0. The molecule has 0 amide bonds. The molecule has 0 saturated carbocycles. The molecule has 0 atom stereocenters. The van der Waals surface area contributed by atoms with Crippen LogP contribution in [0.4, 0.5) is 32.0 Å². The molecule has 2 aromatic carbocycles. The fourth-order valence-corrected chi connectivity index (χ4v) is 4.35. The molecule has 0 saturated heterocycles. The topological polar surface area (TPSA) is 55.4 Å². The maximum Gasteiger partial charge on any atom is 0.416 e. The van der Waals surface area contributed by atoms with Gasteiger partial charge in [-0.25, -0.2) is 8.42 Å². The monoisotopic (exact) mass is 455 g/mol. The Bertz CT molecular complexity index is 974. The summed E-state index contributed by atoms with van der Waals surface area (Å²) in [4.78, 5) is -0.252.